The summed E-state index contributed by atoms with van der Waals surface area (Å²) >= 11 is 8.23. The molecule has 4 nitrogen and oxygen atoms in total. The highest BCUT2D eigenvalue weighted by Crippen LogP contribution is 2.37. The van der Waals surface area contributed by atoms with Gasteiger partial charge in [-0.05, 0) is 53.3 Å². The fourth-order valence-electron chi connectivity index (χ4n) is 3.61. The maximum atomic E-state index is 12.6. The molecule has 0 unspecified atom stereocenters. The average molecular weight is 441 g/mol. The fourth-order valence-corrected chi connectivity index (χ4v) is 4.81. The minimum absolute atomic E-state index is 0.00678. The molecule has 0 saturated carbocycles. The molecule has 1 aromatic carbocycles. The molecular formula is C24H25ClN2O2S. The normalized spacial score (nSPS) is 16.8. The molecule has 1 aliphatic rings. The van der Waals surface area contributed by atoms with Crippen LogP contribution in [0.2, 0.25) is 5.02 Å². The maximum Gasteiger partial charge on any atom is 0.253 e. The number of hydrogen-bond donors (Lipinski definition) is 1. The van der Waals surface area contributed by atoms with Crippen molar-refractivity contribution in [2.24, 2.45) is 0 Å². The minimum Gasteiger partial charge on any atom is -0.391 e. The van der Waals surface area contributed by atoms with Gasteiger partial charge >= 0.3 is 0 Å². The molecular weight excluding hydrogens is 416 g/mol. The van der Waals surface area contributed by atoms with Gasteiger partial charge in [0.25, 0.3) is 5.91 Å². The third kappa shape index (κ3) is 4.29. The molecule has 2 aromatic heterocycles. The van der Waals surface area contributed by atoms with Crippen molar-refractivity contribution in [2.75, 3.05) is 13.1 Å². The van der Waals surface area contributed by atoms with Gasteiger partial charge < -0.3 is 10.0 Å². The van der Waals surface area contributed by atoms with Crippen LogP contribution in [0, 0.1) is 0 Å². The van der Waals surface area contributed by atoms with Gasteiger partial charge in [-0.3, -0.25) is 9.78 Å². The number of pyridine rings is 1. The molecule has 1 amide bonds. The van der Waals surface area contributed by atoms with Crippen LogP contribution >= 0.6 is 22.9 Å². The Kier molecular flexibility index (Phi) is 5.71. The molecule has 0 bridgehead atoms. The van der Waals surface area contributed by atoms with Crippen molar-refractivity contribution >= 4 is 28.8 Å². The SMILES string of the molecule is CC(C)(C)c1cc(-c2cc(-c3ccc(C(=O)N4CC[C@@H](O)C4)cc3Cl)cs2)ccn1. The highest BCUT2D eigenvalue weighted by atomic mass is 35.5. The van der Waals surface area contributed by atoms with Crippen LogP contribution in [-0.4, -0.2) is 40.1 Å². The standard InChI is InChI=1S/C24H25ClN2O2S/c1-24(2,3)22-12-15(6-8-26-22)21-11-17(14-30-21)19-5-4-16(10-20(19)25)23(29)27-9-7-18(28)13-27/h4-6,8,10-12,14,18,28H,7,9,13H2,1-3H3/t18-/m1/s1. The molecule has 0 spiro atoms. The lowest BCUT2D eigenvalue weighted by atomic mass is 9.90. The number of carbonyl (C=O) groups excluding carboxylic acids is 1. The number of likely N-dealkylation sites (tertiary alicyclic amines) is 1. The second-order valence-corrected chi connectivity index (χ2v) is 10.1. The van der Waals surface area contributed by atoms with Crippen LogP contribution in [0.15, 0.2) is 48.0 Å². The lowest BCUT2D eigenvalue weighted by Crippen LogP contribution is -2.29. The summed E-state index contributed by atoms with van der Waals surface area (Å²) in [5.74, 6) is -0.0856. The van der Waals surface area contributed by atoms with Gasteiger partial charge in [0.05, 0.1) is 6.10 Å². The Morgan fingerprint density at radius 1 is 1.20 bits per heavy atom. The Hall–Kier alpha value is -2.21. The van der Waals surface area contributed by atoms with Crippen LogP contribution in [0.4, 0.5) is 0 Å². The van der Waals surface area contributed by atoms with E-state index in [2.05, 4.69) is 43.3 Å². The summed E-state index contributed by atoms with van der Waals surface area (Å²) in [5.41, 5.74) is 4.68. The zero-order valence-electron chi connectivity index (χ0n) is 17.4. The largest absolute Gasteiger partial charge is 0.391 e. The predicted molar refractivity (Wildman–Crippen MR) is 123 cm³/mol. The topological polar surface area (TPSA) is 53.4 Å². The number of thiophene rings is 1. The lowest BCUT2D eigenvalue weighted by Gasteiger charge is -2.17. The first-order chi connectivity index (χ1) is 14.2. The zero-order valence-corrected chi connectivity index (χ0v) is 18.9. The van der Waals surface area contributed by atoms with Crippen LogP contribution in [0.1, 0.15) is 43.2 Å². The summed E-state index contributed by atoms with van der Waals surface area (Å²) in [6.07, 6.45) is 2.05. The second kappa shape index (κ2) is 8.14. The molecule has 1 saturated heterocycles. The highest BCUT2D eigenvalue weighted by molar-refractivity contribution is 7.14. The summed E-state index contributed by atoms with van der Waals surface area (Å²) < 4.78 is 0. The fraction of sp³-hybridized carbons (Fsp3) is 0.333. The Balaban J connectivity index is 1.59. The number of benzene rings is 1. The van der Waals surface area contributed by atoms with Gasteiger partial charge in [-0.25, -0.2) is 0 Å². The molecule has 156 valence electrons. The van der Waals surface area contributed by atoms with E-state index in [1.807, 2.05) is 24.4 Å². The third-order valence-corrected chi connectivity index (χ3v) is 6.68. The Morgan fingerprint density at radius 2 is 2.00 bits per heavy atom. The van der Waals surface area contributed by atoms with E-state index >= 15 is 0 Å². The summed E-state index contributed by atoms with van der Waals surface area (Å²) in [7, 11) is 0. The molecule has 4 rings (SSSR count). The van der Waals surface area contributed by atoms with Crippen molar-refractivity contribution in [3.05, 3.63) is 64.3 Å². The van der Waals surface area contributed by atoms with Crippen LogP contribution in [0.3, 0.4) is 0 Å². The number of carbonyl (C=O) groups is 1. The summed E-state index contributed by atoms with van der Waals surface area (Å²) in [6, 6.07) is 11.7. The van der Waals surface area contributed by atoms with E-state index in [1.165, 1.54) is 0 Å². The highest BCUT2D eigenvalue weighted by Gasteiger charge is 2.26. The first kappa shape index (κ1) is 21.0. The van der Waals surface area contributed by atoms with Crippen molar-refractivity contribution < 1.29 is 9.90 Å². The zero-order chi connectivity index (χ0) is 21.5. The average Bonchev–Trinajstić information content (AvgIpc) is 3.36. The van der Waals surface area contributed by atoms with Crippen LogP contribution in [-0.2, 0) is 5.41 Å². The maximum absolute atomic E-state index is 12.6. The lowest BCUT2D eigenvalue weighted by molar-refractivity contribution is 0.0765. The van der Waals surface area contributed by atoms with Gasteiger partial charge in [0.2, 0.25) is 0 Å². The molecule has 6 heteroatoms. The quantitative estimate of drug-likeness (QED) is 0.573. The summed E-state index contributed by atoms with van der Waals surface area (Å²) in [5, 5.41) is 12.3. The number of amides is 1. The van der Waals surface area contributed by atoms with Crippen LogP contribution in [0.25, 0.3) is 21.6 Å². The predicted octanol–water partition coefficient (Wildman–Crippen LogP) is 5.63. The Labute approximate surface area is 186 Å². The van der Waals surface area contributed by atoms with E-state index in [1.54, 1.807) is 22.3 Å². The molecule has 3 heterocycles. The first-order valence-electron chi connectivity index (χ1n) is 10.0. The number of hydrogen-bond acceptors (Lipinski definition) is 4. The van der Waals surface area contributed by atoms with Gasteiger partial charge in [0, 0.05) is 51.4 Å². The number of nitrogens with zero attached hydrogens (tertiary/aromatic N) is 2. The molecule has 3 aromatic rings. The van der Waals surface area contributed by atoms with E-state index in [0.29, 0.717) is 30.1 Å². The molecule has 1 N–H and O–H groups in total. The Morgan fingerprint density at radius 3 is 2.67 bits per heavy atom. The molecule has 0 aliphatic carbocycles. The van der Waals surface area contributed by atoms with Crippen molar-refractivity contribution in [1.82, 2.24) is 9.88 Å². The summed E-state index contributed by atoms with van der Waals surface area (Å²) in [6.45, 7) is 7.43. The number of β-amino-alcohol motifs (C(OH)–C–C–N with tert-alkyl or cyclic N) is 1. The van der Waals surface area contributed by atoms with Gasteiger partial charge in [-0.2, -0.15) is 0 Å². The molecule has 30 heavy (non-hydrogen) atoms. The van der Waals surface area contributed by atoms with Gasteiger partial charge in [-0.15, -0.1) is 11.3 Å². The molecule has 0 radical (unpaired) electrons. The van der Waals surface area contributed by atoms with E-state index in [-0.39, 0.29) is 11.3 Å². The molecule has 1 atom stereocenters. The number of halogens is 1. The first-order valence-corrected chi connectivity index (χ1v) is 11.3. The van der Waals surface area contributed by atoms with E-state index < -0.39 is 6.10 Å². The molecule has 1 aliphatic heterocycles. The Bertz CT molecular complexity index is 1090. The van der Waals surface area contributed by atoms with Gasteiger partial charge in [0.1, 0.15) is 0 Å². The van der Waals surface area contributed by atoms with Crippen molar-refractivity contribution in [1.29, 1.82) is 0 Å². The minimum atomic E-state index is -0.431. The number of aliphatic hydroxyl groups excluding tert-OH is 1. The van der Waals surface area contributed by atoms with Crippen molar-refractivity contribution in [3.63, 3.8) is 0 Å². The van der Waals surface area contributed by atoms with E-state index in [0.717, 1.165) is 27.3 Å². The second-order valence-electron chi connectivity index (χ2n) is 8.77. The molecule has 1 fully saturated rings. The number of rotatable bonds is 3. The van der Waals surface area contributed by atoms with Gasteiger partial charge in [0.15, 0.2) is 0 Å². The monoisotopic (exact) mass is 440 g/mol. The third-order valence-electron chi connectivity index (χ3n) is 5.39. The van der Waals surface area contributed by atoms with E-state index in [4.69, 9.17) is 11.6 Å². The van der Waals surface area contributed by atoms with Crippen LogP contribution < -0.4 is 0 Å². The van der Waals surface area contributed by atoms with Gasteiger partial charge in [-0.1, -0.05) is 38.4 Å². The van der Waals surface area contributed by atoms with E-state index in [9.17, 15) is 9.90 Å². The number of aromatic nitrogens is 1. The van der Waals surface area contributed by atoms with Crippen LogP contribution in [0.5, 0.6) is 0 Å². The van der Waals surface area contributed by atoms with Crippen molar-refractivity contribution in [3.8, 4) is 21.6 Å². The number of aliphatic hydroxyl groups is 1. The van der Waals surface area contributed by atoms with Crippen molar-refractivity contribution in [2.45, 2.75) is 38.7 Å². The smallest absolute Gasteiger partial charge is 0.253 e. The summed E-state index contributed by atoms with van der Waals surface area (Å²) in [4.78, 5) is 20.0.